The van der Waals surface area contributed by atoms with Crippen LogP contribution < -0.4 is 0 Å². The number of pyridine rings is 1. The minimum absolute atomic E-state index is 0.0628. The molecule has 1 aromatic carbocycles. The molecule has 4 rings (SSSR count). The van der Waals surface area contributed by atoms with E-state index in [0.717, 1.165) is 37.0 Å². The molecular weight excluding hydrogens is 314 g/mol. The van der Waals surface area contributed by atoms with Crippen LogP contribution in [0.1, 0.15) is 27.9 Å². The number of benzene rings is 1. The van der Waals surface area contributed by atoms with Gasteiger partial charge in [0.15, 0.2) is 0 Å². The first kappa shape index (κ1) is 15.8. The number of hydrogen-bond donors (Lipinski definition) is 1. The molecule has 0 spiro atoms. The first-order valence-corrected chi connectivity index (χ1v) is 8.65. The third kappa shape index (κ3) is 3.15. The van der Waals surface area contributed by atoms with E-state index in [2.05, 4.69) is 17.2 Å². The highest BCUT2D eigenvalue weighted by molar-refractivity contribution is 6.00. The van der Waals surface area contributed by atoms with E-state index in [1.165, 1.54) is 5.56 Å². The SMILES string of the molecule is O=C(c1cnn2ccccc12)N1CC[C@H](Cc2cccc(CO)c2)C1. The van der Waals surface area contributed by atoms with Gasteiger partial charge in [-0.05, 0) is 42.0 Å². The Morgan fingerprint density at radius 3 is 2.96 bits per heavy atom. The first-order valence-electron chi connectivity index (χ1n) is 8.65. The van der Waals surface area contributed by atoms with Crippen molar-refractivity contribution in [1.82, 2.24) is 14.5 Å². The van der Waals surface area contributed by atoms with Gasteiger partial charge in [0, 0.05) is 19.3 Å². The molecule has 5 nitrogen and oxygen atoms in total. The molecule has 1 N–H and O–H groups in total. The van der Waals surface area contributed by atoms with Gasteiger partial charge in [-0.2, -0.15) is 5.10 Å². The molecule has 128 valence electrons. The van der Waals surface area contributed by atoms with E-state index in [9.17, 15) is 9.90 Å². The molecule has 0 bridgehead atoms. The van der Waals surface area contributed by atoms with Gasteiger partial charge < -0.3 is 10.0 Å². The van der Waals surface area contributed by atoms with Crippen LogP contribution in [0, 0.1) is 5.92 Å². The van der Waals surface area contributed by atoms with Crippen LogP contribution in [0.4, 0.5) is 0 Å². The molecule has 2 aromatic heterocycles. The summed E-state index contributed by atoms with van der Waals surface area (Å²) >= 11 is 0. The maximum atomic E-state index is 12.9. The lowest BCUT2D eigenvalue weighted by Crippen LogP contribution is -2.28. The minimum atomic E-state index is 0.0628. The molecular formula is C20H21N3O2. The summed E-state index contributed by atoms with van der Waals surface area (Å²) in [6.07, 6.45) is 5.46. The molecule has 1 atom stereocenters. The van der Waals surface area contributed by atoms with Gasteiger partial charge >= 0.3 is 0 Å². The number of rotatable bonds is 4. The molecule has 25 heavy (non-hydrogen) atoms. The molecule has 0 aliphatic carbocycles. The molecule has 0 radical (unpaired) electrons. The van der Waals surface area contributed by atoms with Crippen LogP contribution in [-0.2, 0) is 13.0 Å². The number of fused-ring (bicyclic) bond motifs is 1. The Morgan fingerprint density at radius 2 is 2.08 bits per heavy atom. The monoisotopic (exact) mass is 335 g/mol. The van der Waals surface area contributed by atoms with Gasteiger partial charge in [0.1, 0.15) is 0 Å². The zero-order valence-electron chi connectivity index (χ0n) is 14.0. The van der Waals surface area contributed by atoms with Gasteiger partial charge in [0.05, 0.1) is 23.9 Å². The number of carbonyl (C=O) groups is 1. The molecule has 1 fully saturated rings. The van der Waals surface area contributed by atoms with Crippen LogP contribution in [0.2, 0.25) is 0 Å². The van der Waals surface area contributed by atoms with Crippen LogP contribution in [-0.4, -0.2) is 38.6 Å². The second-order valence-electron chi connectivity index (χ2n) is 6.68. The number of aromatic nitrogens is 2. The number of hydrogen-bond acceptors (Lipinski definition) is 3. The topological polar surface area (TPSA) is 57.8 Å². The van der Waals surface area contributed by atoms with Crippen molar-refractivity contribution < 1.29 is 9.90 Å². The zero-order chi connectivity index (χ0) is 17.2. The van der Waals surface area contributed by atoms with E-state index in [4.69, 9.17) is 0 Å². The predicted molar refractivity (Wildman–Crippen MR) is 95.3 cm³/mol. The van der Waals surface area contributed by atoms with Crippen LogP contribution in [0.25, 0.3) is 5.52 Å². The highest BCUT2D eigenvalue weighted by atomic mass is 16.3. The number of nitrogens with zero attached hydrogens (tertiary/aromatic N) is 3. The third-order valence-corrected chi connectivity index (χ3v) is 4.93. The van der Waals surface area contributed by atoms with Crippen LogP contribution in [0.15, 0.2) is 54.9 Å². The summed E-state index contributed by atoms with van der Waals surface area (Å²) in [5.41, 5.74) is 3.69. The summed E-state index contributed by atoms with van der Waals surface area (Å²) in [6, 6.07) is 13.8. The normalized spacial score (nSPS) is 17.3. The van der Waals surface area contributed by atoms with E-state index < -0.39 is 0 Å². The van der Waals surface area contributed by atoms with Crippen LogP contribution in [0.3, 0.4) is 0 Å². The second kappa shape index (κ2) is 6.69. The molecule has 1 amide bonds. The summed E-state index contributed by atoms with van der Waals surface area (Å²) in [7, 11) is 0. The number of aliphatic hydroxyl groups is 1. The fraction of sp³-hybridized carbons (Fsp3) is 0.300. The Morgan fingerprint density at radius 1 is 1.20 bits per heavy atom. The number of likely N-dealkylation sites (tertiary alicyclic amines) is 1. The van der Waals surface area contributed by atoms with Crippen molar-refractivity contribution in [3.63, 3.8) is 0 Å². The van der Waals surface area contributed by atoms with Gasteiger partial charge in [-0.25, -0.2) is 4.52 Å². The van der Waals surface area contributed by atoms with Crippen molar-refractivity contribution in [2.24, 2.45) is 5.92 Å². The summed E-state index contributed by atoms with van der Waals surface area (Å²) in [6.45, 7) is 1.62. The quantitative estimate of drug-likeness (QED) is 0.797. The maximum absolute atomic E-state index is 12.9. The maximum Gasteiger partial charge on any atom is 0.257 e. The first-order chi connectivity index (χ1) is 12.2. The van der Waals surface area contributed by atoms with Crippen molar-refractivity contribution in [2.75, 3.05) is 13.1 Å². The lowest BCUT2D eigenvalue weighted by molar-refractivity contribution is 0.0789. The summed E-state index contributed by atoms with van der Waals surface area (Å²) < 4.78 is 1.74. The Labute approximate surface area is 146 Å². The molecule has 1 aliphatic rings. The lowest BCUT2D eigenvalue weighted by Gasteiger charge is -2.16. The van der Waals surface area contributed by atoms with E-state index in [-0.39, 0.29) is 12.5 Å². The fourth-order valence-electron chi connectivity index (χ4n) is 3.64. The Kier molecular flexibility index (Phi) is 4.24. The van der Waals surface area contributed by atoms with Gasteiger partial charge in [0.25, 0.3) is 5.91 Å². The van der Waals surface area contributed by atoms with E-state index in [1.54, 1.807) is 10.7 Å². The lowest BCUT2D eigenvalue weighted by atomic mass is 9.97. The summed E-state index contributed by atoms with van der Waals surface area (Å²) in [5, 5.41) is 13.5. The molecule has 3 aromatic rings. The molecule has 5 heteroatoms. The van der Waals surface area contributed by atoms with Gasteiger partial charge in [-0.3, -0.25) is 4.79 Å². The van der Waals surface area contributed by atoms with Crippen molar-refractivity contribution >= 4 is 11.4 Å². The van der Waals surface area contributed by atoms with Gasteiger partial charge in [-0.1, -0.05) is 30.3 Å². The standard InChI is InChI=1S/C20H21N3O2/c24-14-17-5-3-4-15(11-17)10-16-7-9-22(13-16)20(25)18-12-21-23-8-2-1-6-19(18)23/h1-6,8,11-12,16,24H,7,9-10,13-14H2/t16-/m1/s1. The molecule has 0 saturated carbocycles. The third-order valence-electron chi connectivity index (χ3n) is 4.93. The van der Waals surface area contributed by atoms with Crippen molar-refractivity contribution in [3.05, 3.63) is 71.5 Å². The molecule has 0 unspecified atom stereocenters. The Bertz CT molecular complexity index is 903. The van der Waals surface area contributed by atoms with Crippen molar-refractivity contribution in [3.8, 4) is 0 Å². The summed E-state index contributed by atoms with van der Waals surface area (Å²) in [5.74, 6) is 0.521. The van der Waals surface area contributed by atoms with E-state index in [0.29, 0.717) is 11.5 Å². The smallest absolute Gasteiger partial charge is 0.257 e. The summed E-state index contributed by atoms with van der Waals surface area (Å²) in [4.78, 5) is 14.8. The minimum Gasteiger partial charge on any atom is -0.392 e. The number of aliphatic hydroxyl groups excluding tert-OH is 1. The molecule has 3 heterocycles. The number of carbonyl (C=O) groups excluding carboxylic acids is 1. The molecule has 1 aliphatic heterocycles. The van der Waals surface area contributed by atoms with Gasteiger partial charge in [-0.15, -0.1) is 0 Å². The highest BCUT2D eigenvalue weighted by Gasteiger charge is 2.28. The van der Waals surface area contributed by atoms with Crippen molar-refractivity contribution in [2.45, 2.75) is 19.4 Å². The average molecular weight is 335 g/mol. The second-order valence-corrected chi connectivity index (χ2v) is 6.68. The largest absolute Gasteiger partial charge is 0.392 e. The predicted octanol–water partition coefficient (Wildman–Crippen LogP) is 2.53. The Hall–Kier alpha value is -2.66. The average Bonchev–Trinajstić information content (AvgIpc) is 3.28. The fourth-order valence-corrected chi connectivity index (χ4v) is 3.64. The van der Waals surface area contributed by atoms with Crippen LogP contribution >= 0.6 is 0 Å². The Balaban J connectivity index is 1.46. The van der Waals surface area contributed by atoms with Crippen LogP contribution in [0.5, 0.6) is 0 Å². The zero-order valence-corrected chi connectivity index (χ0v) is 14.0. The van der Waals surface area contributed by atoms with E-state index >= 15 is 0 Å². The number of amides is 1. The van der Waals surface area contributed by atoms with E-state index in [1.807, 2.05) is 41.4 Å². The highest BCUT2D eigenvalue weighted by Crippen LogP contribution is 2.24. The molecule has 1 saturated heterocycles. The van der Waals surface area contributed by atoms with Gasteiger partial charge in [0.2, 0.25) is 0 Å². The van der Waals surface area contributed by atoms with Crippen molar-refractivity contribution in [1.29, 1.82) is 0 Å².